The fourth-order valence-electron chi connectivity index (χ4n) is 1.95. The van der Waals surface area contributed by atoms with Gasteiger partial charge in [0.05, 0.1) is 11.9 Å². The number of hydrogen-bond acceptors (Lipinski definition) is 3. The fraction of sp³-hybridized carbons (Fsp3) is 0.0625. The topological polar surface area (TPSA) is 59.8 Å². The number of nitrogens with one attached hydrogen (secondary N) is 1. The van der Waals surface area contributed by atoms with Crippen LogP contribution in [0.25, 0.3) is 5.69 Å². The number of carbonyl (C=O) groups excluding carboxylic acids is 1. The van der Waals surface area contributed by atoms with Crippen molar-refractivity contribution in [2.75, 3.05) is 5.32 Å². The van der Waals surface area contributed by atoms with Crippen molar-refractivity contribution in [2.24, 2.45) is 0 Å². The van der Waals surface area contributed by atoms with Gasteiger partial charge in [0.25, 0.3) is 5.91 Å². The number of nitrogens with zero attached hydrogens (tertiary/aromatic N) is 3. The second-order valence-electron chi connectivity index (χ2n) is 4.62. The van der Waals surface area contributed by atoms with Gasteiger partial charge < -0.3 is 5.32 Å². The molecule has 0 aliphatic rings. The predicted molar refractivity (Wildman–Crippen MR) is 80.5 cm³/mol. The molecule has 5 nitrogen and oxygen atoms in total. The lowest BCUT2D eigenvalue weighted by Gasteiger charge is -2.05. The molecule has 5 heteroatoms. The van der Waals surface area contributed by atoms with Crippen LogP contribution in [0.3, 0.4) is 0 Å². The van der Waals surface area contributed by atoms with Crippen molar-refractivity contribution in [1.29, 1.82) is 0 Å². The monoisotopic (exact) mass is 278 g/mol. The molecule has 21 heavy (non-hydrogen) atoms. The second-order valence-corrected chi connectivity index (χ2v) is 4.62. The zero-order valence-electron chi connectivity index (χ0n) is 11.5. The smallest absolute Gasteiger partial charge is 0.277 e. The van der Waals surface area contributed by atoms with Gasteiger partial charge in [-0.05, 0) is 30.7 Å². The summed E-state index contributed by atoms with van der Waals surface area (Å²) in [6, 6.07) is 17.1. The summed E-state index contributed by atoms with van der Waals surface area (Å²) in [4.78, 5) is 13.6. The number of anilines is 1. The molecule has 3 rings (SSSR count). The Morgan fingerprint density at radius 2 is 1.76 bits per heavy atom. The maximum Gasteiger partial charge on any atom is 0.277 e. The Morgan fingerprint density at radius 3 is 2.52 bits per heavy atom. The van der Waals surface area contributed by atoms with Gasteiger partial charge in [-0.15, -0.1) is 5.10 Å². The molecule has 0 spiro atoms. The number of amides is 1. The SMILES string of the molecule is Cc1ccccc1NC(=O)c1cnn(-c2ccccc2)n1. The zero-order chi connectivity index (χ0) is 14.7. The van der Waals surface area contributed by atoms with Crippen LogP contribution < -0.4 is 5.32 Å². The normalized spacial score (nSPS) is 10.3. The average Bonchev–Trinajstić information content (AvgIpc) is 3.00. The fourth-order valence-corrected chi connectivity index (χ4v) is 1.95. The molecule has 1 N–H and O–H groups in total. The van der Waals surface area contributed by atoms with Gasteiger partial charge in [-0.3, -0.25) is 4.79 Å². The molecule has 3 aromatic rings. The molecule has 104 valence electrons. The van der Waals surface area contributed by atoms with Gasteiger partial charge >= 0.3 is 0 Å². The van der Waals surface area contributed by atoms with Crippen molar-refractivity contribution in [3.05, 3.63) is 72.1 Å². The molecule has 0 unspecified atom stereocenters. The molecule has 0 aliphatic carbocycles. The standard InChI is InChI=1S/C16H14N4O/c1-12-7-5-6-10-14(12)18-16(21)15-11-17-20(19-15)13-8-3-2-4-9-13/h2-11H,1H3,(H,18,21). The zero-order valence-corrected chi connectivity index (χ0v) is 11.5. The minimum atomic E-state index is -0.272. The molecule has 0 saturated carbocycles. The Morgan fingerprint density at radius 1 is 1.05 bits per heavy atom. The number of carbonyl (C=O) groups is 1. The highest BCUT2D eigenvalue weighted by Gasteiger charge is 2.12. The molecule has 0 saturated heterocycles. The Labute approximate surface area is 122 Å². The average molecular weight is 278 g/mol. The number of para-hydroxylation sites is 2. The van der Waals surface area contributed by atoms with Crippen LogP contribution in [-0.2, 0) is 0 Å². The van der Waals surface area contributed by atoms with E-state index in [4.69, 9.17) is 0 Å². The lowest BCUT2D eigenvalue weighted by atomic mass is 10.2. The van der Waals surface area contributed by atoms with Crippen LogP contribution in [0.4, 0.5) is 5.69 Å². The van der Waals surface area contributed by atoms with E-state index in [0.29, 0.717) is 0 Å². The van der Waals surface area contributed by atoms with Crippen LogP contribution in [-0.4, -0.2) is 20.9 Å². The van der Waals surface area contributed by atoms with Crippen LogP contribution in [0, 0.1) is 6.92 Å². The first-order valence-corrected chi connectivity index (χ1v) is 6.59. The second kappa shape index (κ2) is 5.58. The molecule has 1 heterocycles. The third-order valence-corrected chi connectivity index (χ3v) is 3.10. The molecule has 0 fully saturated rings. The summed E-state index contributed by atoms with van der Waals surface area (Å²) in [5.74, 6) is -0.272. The first kappa shape index (κ1) is 13.1. The van der Waals surface area contributed by atoms with Crippen molar-refractivity contribution in [3.63, 3.8) is 0 Å². The number of rotatable bonds is 3. The van der Waals surface area contributed by atoms with Crippen LogP contribution in [0.2, 0.25) is 0 Å². The largest absolute Gasteiger partial charge is 0.320 e. The van der Waals surface area contributed by atoms with E-state index >= 15 is 0 Å². The molecule has 1 amide bonds. The highest BCUT2D eigenvalue weighted by molar-refractivity contribution is 6.03. The Balaban J connectivity index is 1.80. The maximum atomic E-state index is 12.2. The lowest BCUT2D eigenvalue weighted by molar-refractivity contribution is 0.102. The summed E-state index contributed by atoms with van der Waals surface area (Å²) in [7, 11) is 0. The summed E-state index contributed by atoms with van der Waals surface area (Å²) < 4.78 is 0. The lowest BCUT2D eigenvalue weighted by Crippen LogP contribution is -2.13. The molecule has 0 bridgehead atoms. The Hall–Kier alpha value is -2.95. The molecule has 0 radical (unpaired) electrons. The van der Waals surface area contributed by atoms with Crippen LogP contribution in [0.1, 0.15) is 16.1 Å². The van der Waals surface area contributed by atoms with Gasteiger partial charge in [0.2, 0.25) is 0 Å². The van der Waals surface area contributed by atoms with Gasteiger partial charge in [0, 0.05) is 5.69 Å². The number of aromatic nitrogens is 3. The van der Waals surface area contributed by atoms with Crippen LogP contribution in [0.15, 0.2) is 60.8 Å². The van der Waals surface area contributed by atoms with Gasteiger partial charge in [-0.2, -0.15) is 9.90 Å². The number of hydrogen-bond donors (Lipinski definition) is 1. The molecule has 0 aliphatic heterocycles. The minimum Gasteiger partial charge on any atom is -0.320 e. The van der Waals surface area contributed by atoms with Crippen molar-refractivity contribution >= 4 is 11.6 Å². The minimum absolute atomic E-state index is 0.272. The van der Waals surface area contributed by atoms with E-state index in [9.17, 15) is 4.79 Å². The molecule has 2 aromatic carbocycles. The predicted octanol–water partition coefficient (Wildman–Crippen LogP) is 2.83. The van der Waals surface area contributed by atoms with Crippen molar-refractivity contribution in [3.8, 4) is 5.69 Å². The Kier molecular flexibility index (Phi) is 3.47. The number of aryl methyl sites for hydroxylation is 1. The van der Waals surface area contributed by atoms with Crippen molar-refractivity contribution in [1.82, 2.24) is 15.0 Å². The summed E-state index contributed by atoms with van der Waals surface area (Å²) in [6.45, 7) is 1.94. The van der Waals surface area contributed by atoms with Gasteiger partial charge in [0.15, 0.2) is 5.69 Å². The third kappa shape index (κ3) is 2.81. The number of benzene rings is 2. The summed E-state index contributed by atoms with van der Waals surface area (Å²) >= 11 is 0. The molecular weight excluding hydrogens is 264 g/mol. The summed E-state index contributed by atoms with van der Waals surface area (Å²) in [5, 5.41) is 11.2. The van der Waals surface area contributed by atoms with E-state index < -0.39 is 0 Å². The first-order valence-electron chi connectivity index (χ1n) is 6.59. The van der Waals surface area contributed by atoms with Crippen LogP contribution >= 0.6 is 0 Å². The van der Waals surface area contributed by atoms with E-state index in [1.807, 2.05) is 61.5 Å². The quantitative estimate of drug-likeness (QED) is 0.801. The molecular formula is C16H14N4O. The van der Waals surface area contributed by atoms with Gasteiger partial charge in [0.1, 0.15) is 0 Å². The Bertz CT molecular complexity index is 765. The van der Waals surface area contributed by atoms with Gasteiger partial charge in [-0.1, -0.05) is 36.4 Å². The van der Waals surface area contributed by atoms with E-state index in [1.165, 1.54) is 11.0 Å². The summed E-state index contributed by atoms with van der Waals surface area (Å²) in [6.07, 6.45) is 1.46. The summed E-state index contributed by atoms with van der Waals surface area (Å²) in [5.41, 5.74) is 2.87. The van der Waals surface area contributed by atoms with Crippen molar-refractivity contribution < 1.29 is 4.79 Å². The van der Waals surface area contributed by atoms with E-state index in [0.717, 1.165) is 16.9 Å². The van der Waals surface area contributed by atoms with E-state index in [-0.39, 0.29) is 11.6 Å². The molecule has 0 atom stereocenters. The van der Waals surface area contributed by atoms with Gasteiger partial charge in [-0.25, -0.2) is 0 Å². The highest BCUT2D eigenvalue weighted by Crippen LogP contribution is 2.14. The van der Waals surface area contributed by atoms with E-state index in [2.05, 4.69) is 15.5 Å². The molecule has 1 aromatic heterocycles. The highest BCUT2D eigenvalue weighted by atomic mass is 16.2. The van der Waals surface area contributed by atoms with Crippen molar-refractivity contribution in [2.45, 2.75) is 6.92 Å². The maximum absolute atomic E-state index is 12.2. The van der Waals surface area contributed by atoms with Crippen LogP contribution in [0.5, 0.6) is 0 Å². The first-order chi connectivity index (χ1) is 10.2. The van der Waals surface area contributed by atoms with E-state index in [1.54, 1.807) is 0 Å². The third-order valence-electron chi connectivity index (χ3n) is 3.10.